The first-order chi connectivity index (χ1) is 12.0. The van der Waals surface area contributed by atoms with Gasteiger partial charge in [-0.1, -0.05) is 0 Å². The number of piperazine rings is 1. The van der Waals surface area contributed by atoms with Crippen molar-refractivity contribution in [3.8, 4) is 0 Å². The van der Waals surface area contributed by atoms with Crippen LogP contribution in [0.15, 0.2) is 0 Å². The summed E-state index contributed by atoms with van der Waals surface area (Å²) < 4.78 is 4.96. The van der Waals surface area contributed by atoms with Crippen molar-refractivity contribution in [1.82, 2.24) is 20.0 Å². The molecule has 0 unspecified atom stereocenters. The molecule has 140 valence electrons. The molecule has 2 fully saturated rings. The number of carbonyl (C=O) groups excluding carboxylic acids is 4. The molecule has 9 nitrogen and oxygen atoms in total. The zero-order valence-electron chi connectivity index (χ0n) is 14.6. The fraction of sp³-hybridized carbons (Fsp3) is 0.750. The molecule has 1 N–H and O–H groups in total. The summed E-state index contributed by atoms with van der Waals surface area (Å²) in [7, 11) is 0. The van der Waals surface area contributed by atoms with Gasteiger partial charge in [-0.15, -0.1) is 0 Å². The summed E-state index contributed by atoms with van der Waals surface area (Å²) >= 11 is 0. The van der Waals surface area contributed by atoms with E-state index in [-0.39, 0.29) is 30.4 Å². The molecule has 0 aromatic rings. The molecular weight excluding hydrogens is 328 g/mol. The van der Waals surface area contributed by atoms with Crippen LogP contribution in [0.2, 0.25) is 0 Å². The minimum Gasteiger partial charge on any atom is -0.450 e. The van der Waals surface area contributed by atoms with E-state index in [4.69, 9.17) is 4.74 Å². The molecule has 0 aromatic heterocycles. The van der Waals surface area contributed by atoms with Crippen molar-refractivity contribution in [2.75, 3.05) is 45.9 Å². The van der Waals surface area contributed by atoms with E-state index in [0.717, 1.165) is 6.41 Å². The quantitative estimate of drug-likeness (QED) is 0.526. The van der Waals surface area contributed by atoms with E-state index < -0.39 is 0 Å². The molecule has 0 aliphatic carbocycles. The van der Waals surface area contributed by atoms with Crippen LogP contribution >= 0.6 is 0 Å². The van der Waals surface area contributed by atoms with E-state index in [2.05, 4.69) is 5.32 Å². The molecule has 0 spiro atoms. The van der Waals surface area contributed by atoms with E-state index in [0.29, 0.717) is 58.7 Å². The molecular formula is C16H26N4O5. The Hall–Kier alpha value is -2.32. The summed E-state index contributed by atoms with van der Waals surface area (Å²) in [6.07, 6.45) is 1.57. The van der Waals surface area contributed by atoms with Crippen molar-refractivity contribution in [1.29, 1.82) is 0 Å². The number of piperidine rings is 1. The Morgan fingerprint density at radius 2 is 1.68 bits per heavy atom. The lowest BCUT2D eigenvalue weighted by Crippen LogP contribution is -2.50. The van der Waals surface area contributed by atoms with Gasteiger partial charge in [0.2, 0.25) is 18.2 Å². The lowest BCUT2D eigenvalue weighted by Gasteiger charge is -2.33. The smallest absolute Gasteiger partial charge is 0.409 e. The summed E-state index contributed by atoms with van der Waals surface area (Å²) in [5.74, 6) is -0.510. The standard InChI is InChI=1S/C16H26N4O5/c1-2-25-16(24)20-5-3-13(4-6-20)17-14(22)11-15(23)19-9-7-18(12-21)8-10-19/h12-13H,2-11H2,1H3,(H,17,22). The van der Waals surface area contributed by atoms with Gasteiger partial charge >= 0.3 is 6.09 Å². The van der Waals surface area contributed by atoms with Gasteiger partial charge < -0.3 is 24.8 Å². The first-order valence-corrected chi connectivity index (χ1v) is 8.71. The van der Waals surface area contributed by atoms with E-state index in [1.165, 1.54) is 0 Å². The second-order valence-electron chi connectivity index (χ2n) is 6.23. The molecule has 4 amide bonds. The molecule has 0 bridgehead atoms. The molecule has 2 aliphatic rings. The van der Waals surface area contributed by atoms with Crippen LogP contribution in [0.4, 0.5) is 4.79 Å². The maximum atomic E-state index is 12.1. The highest BCUT2D eigenvalue weighted by molar-refractivity contribution is 5.97. The number of carbonyl (C=O) groups is 4. The summed E-state index contributed by atoms with van der Waals surface area (Å²) in [5, 5.41) is 2.87. The summed E-state index contributed by atoms with van der Waals surface area (Å²) in [6.45, 7) is 5.11. The van der Waals surface area contributed by atoms with Crippen molar-refractivity contribution in [2.24, 2.45) is 0 Å². The average molecular weight is 354 g/mol. The van der Waals surface area contributed by atoms with Gasteiger partial charge in [-0.2, -0.15) is 0 Å². The first-order valence-electron chi connectivity index (χ1n) is 8.71. The summed E-state index contributed by atoms with van der Waals surface area (Å²) in [5.41, 5.74) is 0. The number of hydrogen-bond donors (Lipinski definition) is 1. The van der Waals surface area contributed by atoms with E-state index in [9.17, 15) is 19.2 Å². The summed E-state index contributed by atoms with van der Waals surface area (Å²) in [6, 6.07) is -0.0297. The Kier molecular flexibility index (Phi) is 7.03. The molecule has 0 aromatic carbocycles. The van der Waals surface area contributed by atoms with Gasteiger partial charge in [0.25, 0.3) is 0 Å². The number of nitrogens with one attached hydrogen (secondary N) is 1. The van der Waals surface area contributed by atoms with Gasteiger partial charge in [0.15, 0.2) is 0 Å². The Labute approximate surface area is 147 Å². The number of nitrogens with zero attached hydrogens (tertiary/aromatic N) is 3. The minimum atomic E-state index is -0.322. The zero-order chi connectivity index (χ0) is 18.2. The van der Waals surface area contributed by atoms with Crippen LogP contribution in [0.5, 0.6) is 0 Å². The van der Waals surface area contributed by atoms with Gasteiger partial charge in [0.05, 0.1) is 6.61 Å². The average Bonchev–Trinajstić information content (AvgIpc) is 2.62. The van der Waals surface area contributed by atoms with Crippen LogP contribution in [-0.4, -0.2) is 90.9 Å². The Morgan fingerprint density at radius 3 is 2.24 bits per heavy atom. The predicted molar refractivity (Wildman–Crippen MR) is 88.6 cm³/mol. The Balaban J connectivity index is 1.68. The number of amides is 4. The van der Waals surface area contributed by atoms with Crippen LogP contribution in [0.25, 0.3) is 0 Å². The SMILES string of the molecule is CCOC(=O)N1CCC(NC(=O)CC(=O)N2CCN(C=O)CC2)CC1. The molecule has 0 saturated carbocycles. The van der Waals surface area contributed by atoms with Crippen LogP contribution in [0.1, 0.15) is 26.2 Å². The molecule has 2 heterocycles. The molecule has 0 atom stereocenters. The lowest BCUT2D eigenvalue weighted by atomic mass is 10.1. The van der Waals surface area contributed by atoms with Crippen molar-refractivity contribution >= 4 is 24.3 Å². The van der Waals surface area contributed by atoms with Crippen LogP contribution in [0, 0.1) is 0 Å². The first kappa shape index (κ1) is 19.0. The second-order valence-corrected chi connectivity index (χ2v) is 6.23. The summed E-state index contributed by atoms with van der Waals surface area (Å²) in [4.78, 5) is 51.4. The molecule has 2 saturated heterocycles. The normalized spacial score (nSPS) is 18.7. The van der Waals surface area contributed by atoms with Gasteiger partial charge in [-0.3, -0.25) is 14.4 Å². The Bertz CT molecular complexity index is 497. The van der Waals surface area contributed by atoms with Crippen molar-refractivity contribution in [3.63, 3.8) is 0 Å². The number of hydrogen-bond acceptors (Lipinski definition) is 5. The predicted octanol–water partition coefficient (Wildman–Crippen LogP) is -0.586. The highest BCUT2D eigenvalue weighted by Gasteiger charge is 2.26. The van der Waals surface area contributed by atoms with E-state index in [1.54, 1.807) is 21.6 Å². The number of ether oxygens (including phenoxy) is 1. The fourth-order valence-electron chi connectivity index (χ4n) is 3.03. The van der Waals surface area contributed by atoms with Crippen molar-refractivity contribution in [3.05, 3.63) is 0 Å². The van der Waals surface area contributed by atoms with Gasteiger partial charge in [-0.25, -0.2) is 4.79 Å². The van der Waals surface area contributed by atoms with Gasteiger partial charge in [0.1, 0.15) is 6.42 Å². The third kappa shape index (κ3) is 5.61. The fourth-order valence-corrected chi connectivity index (χ4v) is 3.03. The molecule has 2 aliphatic heterocycles. The van der Waals surface area contributed by atoms with E-state index in [1.807, 2.05) is 0 Å². The molecule has 25 heavy (non-hydrogen) atoms. The topological polar surface area (TPSA) is 99.3 Å². The maximum absolute atomic E-state index is 12.1. The van der Waals surface area contributed by atoms with Gasteiger partial charge in [-0.05, 0) is 19.8 Å². The molecule has 0 radical (unpaired) electrons. The van der Waals surface area contributed by atoms with Crippen LogP contribution in [0.3, 0.4) is 0 Å². The van der Waals surface area contributed by atoms with Crippen molar-refractivity contribution in [2.45, 2.75) is 32.2 Å². The third-order valence-electron chi connectivity index (χ3n) is 4.51. The highest BCUT2D eigenvalue weighted by Crippen LogP contribution is 2.12. The molecule has 2 rings (SSSR count). The van der Waals surface area contributed by atoms with Crippen molar-refractivity contribution < 1.29 is 23.9 Å². The van der Waals surface area contributed by atoms with E-state index >= 15 is 0 Å². The third-order valence-corrected chi connectivity index (χ3v) is 4.51. The van der Waals surface area contributed by atoms with Crippen LogP contribution < -0.4 is 5.32 Å². The lowest BCUT2D eigenvalue weighted by molar-refractivity contribution is -0.139. The maximum Gasteiger partial charge on any atom is 0.409 e. The molecule has 9 heteroatoms. The highest BCUT2D eigenvalue weighted by atomic mass is 16.6. The monoisotopic (exact) mass is 354 g/mol. The second kappa shape index (κ2) is 9.24. The van der Waals surface area contributed by atoms with Crippen LogP contribution in [-0.2, 0) is 19.1 Å². The number of likely N-dealkylation sites (tertiary alicyclic amines) is 1. The van der Waals surface area contributed by atoms with Gasteiger partial charge in [0, 0.05) is 45.3 Å². The largest absolute Gasteiger partial charge is 0.450 e. The Morgan fingerprint density at radius 1 is 1.04 bits per heavy atom. The zero-order valence-corrected chi connectivity index (χ0v) is 14.6. The minimum absolute atomic E-state index is 0.0297. The number of rotatable bonds is 5.